The zero-order valence-electron chi connectivity index (χ0n) is 15.9. The van der Waals surface area contributed by atoms with Crippen molar-refractivity contribution in [2.24, 2.45) is 0 Å². The summed E-state index contributed by atoms with van der Waals surface area (Å²) in [5.74, 6) is 0.674. The van der Waals surface area contributed by atoms with Gasteiger partial charge >= 0.3 is 6.18 Å². The highest BCUT2D eigenvalue weighted by molar-refractivity contribution is 5.45. The molecule has 0 saturated carbocycles. The summed E-state index contributed by atoms with van der Waals surface area (Å²) in [6.45, 7) is 0.579. The Kier molecular flexibility index (Phi) is 5.49. The second-order valence-corrected chi connectivity index (χ2v) is 7.45. The molecule has 0 radical (unpaired) electrons. The molecule has 2 fully saturated rings. The molecule has 1 aromatic heterocycles. The standard InChI is InChI=1S/C20H23F3N4O2/c21-20(22,23)16-13-26(9-10-29-16)17-12-18(28)25-19(24-17)27-8-4-7-15(27)11-14-5-2-1-3-6-14/h1-3,5-6,12,15-16H,4,7-11,13H2,(H,24,25,28)/t15-,16-/m1/s1. The number of aromatic nitrogens is 2. The van der Waals surface area contributed by atoms with Gasteiger partial charge < -0.3 is 14.5 Å². The number of anilines is 2. The molecule has 0 aliphatic carbocycles. The first kappa shape index (κ1) is 19.8. The van der Waals surface area contributed by atoms with E-state index in [0.717, 1.165) is 25.8 Å². The van der Waals surface area contributed by atoms with Gasteiger partial charge in [0.25, 0.3) is 5.56 Å². The average Bonchev–Trinajstić information content (AvgIpc) is 3.16. The summed E-state index contributed by atoms with van der Waals surface area (Å²) in [4.78, 5) is 23.1. The number of morpholine rings is 1. The van der Waals surface area contributed by atoms with E-state index in [-0.39, 0.29) is 37.1 Å². The molecule has 2 saturated heterocycles. The van der Waals surface area contributed by atoms with Crippen molar-refractivity contribution >= 4 is 11.8 Å². The van der Waals surface area contributed by atoms with Gasteiger partial charge in [-0.25, -0.2) is 0 Å². The van der Waals surface area contributed by atoms with Gasteiger partial charge in [-0.05, 0) is 24.8 Å². The molecule has 2 aliphatic heterocycles. The molecule has 2 atom stereocenters. The van der Waals surface area contributed by atoms with Crippen molar-refractivity contribution in [3.05, 3.63) is 52.3 Å². The van der Waals surface area contributed by atoms with Crippen molar-refractivity contribution in [3.63, 3.8) is 0 Å². The Bertz CT molecular complexity index is 887. The van der Waals surface area contributed by atoms with E-state index in [0.29, 0.717) is 5.95 Å². The zero-order valence-corrected chi connectivity index (χ0v) is 15.9. The van der Waals surface area contributed by atoms with Crippen LogP contribution in [0, 0.1) is 0 Å². The van der Waals surface area contributed by atoms with Crippen LogP contribution in [0.5, 0.6) is 0 Å². The normalized spacial score (nSPS) is 22.9. The minimum atomic E-state index is -4.45. The molecule has 29 heavy (non-hydrogen) atoms. The Morgan fingerprint density at radius 3 is 2.76 bits per heavy atom. The summed E-state index contributed by atoms with van der Waals surface area (Å²) in [7, 11) is 0. The molecule has 4 rings (SSSR count). The Hall–Kier alpha value is -2.55. The SMILES string of the molecule is O=c1cc(N2CCO[C@@H](C(F)(F)F)C2)nc(N2CCC[C@@H]2Cc2ccccc2)[nH]1. The van der Waals surface area contributed by atoms with Crippen LogP contribution in [0.25, 0.3) is 0 Å². The van der Waals surface area contributed by atoms with Crippen LogP contribution >= 0.6 is 0 Å². The van der Waals surface area contributed by atoms with E-state index in [1.807, 2.05) is 18.2 Å². The number of benzene rings is 1. The number of nitrogens with zero attached hydrogens (tertiary/aromatic N) is 3. The molecule has 0 bridgehead atoms. The predicted octanol–water partition coefficient (Wildman–Crippen LogP) is 2.75. The second kappa shape index (κ2) is 8.06. The number of nitrogens with one attached hydrogen (secondary N) is 1. The molecule has 9 heteroatoms. The predicted molar refractivity (Wildman–Crippen MR) is 103 cm³/mol. The summed E-state index contributed by atoms with van der Waals surface area (Å²) < 4.78 is 44.0. The van der Waals surface area contributed by atoms with E-state index >= 15 is 0 Å². The largest absolute Gasteiger partial charge is 0.416 e. The van der Waals surface area contributed by atoms with Gasteiger partial charge in [-0.3, -0.25) is 9.78 Å². The summed E-state index contributed by atoms with van der Waals surface area (Å²) in [5, 5.41) is 0. The fraction of sp³-hybridized carbons (Fsp3) is 0.500. The van der Waals surface area contributed by atoms with Gasteiger partial charge in [-0.15, -0.1) is 0 Å². The molecule has 6 nitrogen and oxygen atoms in total. The van der Waals surface area contributed by atoms with Crippen LogP contribution in [-0.4, -0.2) is 54.5 Å². The molecule has 0 spiro atoms. The van der Waals surface area contributed by atoms with Gasteiger partial charge in [-0.2, -0.15) is 18.2 Å². The lowest BCUT2D eigenvalue weighted by molar-refractivity contribution is -0.221. The second-order valence-electron chi connectivity index (χ2n) is 7.45. The average molecular weight is 408 g/mol. The Balaban J connectivity index is 1.56. The Morgan fingerprint density at radius 1 is 1.21 bits per heavy atom. The lowest BCUT2D eigenvalue weighted by Crippen LogP contribution is -2.49. The molecule has 0 unspecified atom stereocenters. The van der Waals surface area contributed by atoms with Crippen molar-refractivity contribution < 1.29 is 17.9 Å². The van der Waals surface area contributed by atoms with E-state index in [4.69, 9.17) is 4.74 Å². The van der Waals surface area contributed by atoms with Gasteiger partial charge in [-0.1, -0.05) is 30.3 Å². The number of hydrogen-bond donors (Lipinski definition) is 1. The lowest BCUT2D eigenvalue weighted by Gasteiger charge is -2.35. The molecule has 1 N–H and O–H groups in total. The van der Waals surface area contributed by atoms with Crippen LogP contribution in [-0.2, 0) is 11.2 Å². The number of hydrogen-bond acceptors (Lipinski definition) is 5. The third kappa shape index (κ3) is 4.55. The smallest absolute Gasteiger partial charge is 0.365 e. The van der Waals surface area contributed by atoms with Crippen molar-refractivity contribution in [1.29, 1.82) is 0 Å². The minimum Gasteiger partial charge on any atom is -0.365 e. The third-order valence-corrected chi connectivity index (χ3v) is 5.43. The van der Waals surface area contributed by atoms with E-state index in [1.165, 1.54) is 16.5 Å². The summed E-state index contributed by atoms with van der Waals surface area (Å²) in [6, 6.07) is 11.5. The van der Waals surface area contributed by atoms with E-state index in [2.05, 4.69) is 27.0 Å². The molecule has 3 heterocycles. The molecular formula is C20H23F3N4O2. The third-order valence-electron chi connectivity index (χ3n) is 5.43. The summed E-state index contributed by atoms with van der Waals surface area (Å²) in [6.07, 6.45) is -3.56. The van der Waals surface area contributed by atoms with Gasteiger partial charge in [0.15, 0.2) is 6.10 Å². The minimum absolute atomic E-state index is 0.0612. The first-order valence-corrected chi connectivity index (χ1v) is 9.75. The highest BCUT2D eigenvalue weighted by Gasteiger charge is 2.43. The number of rotatable bonds is 4. The lowest BCUT2D eigenvalue weighted by atomic mass is 10.0. The summed E-state index contributed by atoms with van der Waals surface area (Å²) >= 11 is 0. The van der Waals surface area contributed by atoms with Crippen molar-refractivity contribution in [3.8, 4) is 0 Å². The number of ether oxygens (including phenoxy) is 1. The monoisotopic (exact) mass is 408 g/mol. The van der Waals surface area contributed by atoms with Crippen LogP contribution in [0.15, 0.2) is 41.2 Å². The number of halogens is 3. The highest BCUT2D eigenvalue weighted by atomic mass is 19.4. The van der Waals surface area contributed by atoms with Crippen LogP contribution in [0.1, 0.15) is 18.4 Å². The maximum Gasteiger partial charge on any atom is 0.416 e. The first-order chi connectivity index (χ1) is 13.9. The van der Waals surface area contributed by atoms with Gasteiger partial charge in [0.1, 0.15) is 5.82 Å². The van der Waals surface area contributed by atoms with Crippen molar-refractivity contribution in [1.82, 2.24) is 9.97 Å². The van der Waals surface area contributed by atoms with E-state index in [9.17, 15) is 18.0 Å². The van der Waals surface area contributed by atoms with Gasteiger partial charge in [0.05, 0.1) is 13.2 Å². The molecule has 2 aliphatic rings. The van der Waals surface area contributed by atoms with Gasteiger partial charge in [0.2, 0.25) is 5.95 Å². The van der Waals surface area contributed by atoms with Crippen LogP contribution in [0.3, 0.4) is 0 Å². The fourth-order valence-electron chi connectivity index (χ4n) is 4.00. The first-order valence-electron chi connectivity index (χ1n) is 9.75. The van der Waals surface area contributed by atoms with Crippen molar-refractivity contribution in [2.45, 2.75) is 37.6 Å². The van der Waals surface area contributed by atoms with Crippen LogP contribution in [0.4, 0.5) is 24.9 Å². The van der Waals surface area contributed by atoms with Crippen LogP contribution in [0.2, 0.25) is 0 Å². The maximum atomic E-state index is 13.0. The fourth-order valence-corrected chi connectivity index (χ4v) is 4.00. The van der Waals surface area contributed by atoms with E-state index in [1.54, 1.807) is 0 Å². The molecule has 2 aromatic rings. The topological polar surface area (TPSA) is 61.5 Å². The molecule has 156 valence electrons. The maximum absolute atomic E-state index is 13.0. The van der Waals surface area contributed by atoms with Crippen molar-refractivity contribution in [2.75, 3.05) is 36.0 Å². The molecule has 0 amide bonds. The number of alkyl halides is 3. The zero-order chi connectivity index (χ0) is 20.4. The Labute approximate surface area is 166 Å². The summed E-state index contributed by atoms with van der Waals surface area (Å²) in [5.41, 5.74) is 0.828. The number of H-pyrrole nitrogens is 1. The molecular weight excluding hydrogens is 385 g/mol. The van der Waals surface area contributed by atoms with E-state index < -0.39 is 12.3 Å². The number of aromatic amines is 1. The highest BCUT2D eigenvalue weighted by Crippen LogP contribution is 2.29. The quantitative estimate of drug-likeness (QED) is 0.843. The van der Waals surface area contributed by atoms with Crippen LogP contribution < -0.4 is 15.4 Å². The van der Waals surface area contributed by atoms with Gasteiger partial charge in [0, 0.05) is 25.2 Å². The molecule has 1 aromatic carbocycles. The Morgan fingerprint density at radius 2 is 2.00 bits per heavy atom.